The van der Waals surface area contributed by atoms with Gasteiger partial charge in [-0.15, -0.1) is 0 Å². The van der Waals surface area contributed by atoms with Gasteiger partial charge in [-0.25, -0.2) is 0 Å². The Morgan fingerprint density at radius 1 is 1.24 bits per heavy atom. The average molecular weight is 235 g/mol. The summed E-state index contributed by atoms with van der Waals surface area (Å²) in [4.78, 5) is 12.7. The largest absolute Gasteiger partial charge is 0.481 e. The highest BCUT2D eigenvalue weighted by Gasteiger charge is 2.06. The first-order chi connectivity index (χ1) is 8.01. The van der Waals surface area contributed by atoms with Crippen LogP contribution in [0.4, 0.5) is 0 Å². The van der Waals surface area contributed by atoms with Gasteiger partial charge in [0.2, 0.25) is 0 Å². The van der Waals surface area contributed by atoms with Gasteiger partial charge in [0.1, 0.15) is 0 Å². The maximum Gasteiger partial charge on any atom is 0.304 e. The third-order valence-electron chi connectivity index (χ3n) is 2.78. The molecule has 3 heteroatoms. The van der Waals surface area contributed by atoms with Crippen molar-refractivity contribution in [3.05, 3.63) is 34.9 Å². The Balaban J connectivity index is 2.63. The van der Waals surface area contributed by atoms with Gasteiger partial charge in [0.15, 0.2) is 0 Å². The summed E-state index contributed by atoms with van der Waals surface area (Å²) in [6.45, 7) is 8.55. The Morgan fingerprint density at radius 3 is 2.29 bits per heavy atom. The van der Waals surface area contributed by atoms with Crippen molar-refractivity contribution in [1.82, 2.24) is 4.90 Å². The first-order valence-corrected chi connectivity index (χ1v) is 6.02. The summed E-state index contributed by atoms with van der Waals surface area (Å²) in [6.07, 6.45) is 0.207. The van der Waals surface area contributed by atoms with E-state index in [1.807, 2.05) is 0 Å². The molecule has 0 heterocycles. The molecule has 1 N–H and O–H groups in total. The normalized spacial score (nSPS) is 10.8. The van der Waals surface area contributed by atoms with E-state index in [0.717, 1.165) is 13.1 Å². The zero-order chi connectivity index (χ0) is 12.8. The molecule has 0 fully saturated rings. The number of aliphatic carboxylic acids is 1. The fourth-order valence-electron chi connectivity index (χ4n) is 2.02. The van der Waals surface area contributed by atoms with E-state index in [0.29, 0.717) is 6.54 Å². The number of hydrogen-bond donors (Lipinski definition) is 1. The summed E-state index contributed by atoms with van der Waals surface area (Å²) >= 11 is 0. The van der Waals surface area contributed by atoms with Gasteiger partial charge < -0.3 is 5.11 Å². The predicted octanol–water partition coefficient (Wildman–Crippen LogP) is 2.60. The molecule has 0 aromatic heterocycles. The van der Waals surface area contributed by atoms with E-state index >= 15 is 0 Å². The molecule has 17 heavy (non-hydrogen) atoms. The van der Waals surface area contributed by atoms with Gasteiger partial charge in [0, 0.05) is 13.1 Å². The Labute approximate surface area is 103 Å². The van der Waals surface area contributed by atoms with Crippen LogP contribution < -0.4 is 0 Å². The molecule has 0 aliphatic heterocycles. The molecule has 1 rings (SSSR count). The van der Waals surface area contributed by atoms with Crippen molar-refractivity contribution in [1.29, 1.82) is 0 Å². The summed E-state index contributed by atoms with van der Waals surface area (Å²) in [5.74, 6) is -0.733. The summed E-state index contributed by atoms with van der Waals surface area (Å²) in [7, 11) is 0. The summed E-state index contributed by atoms with van der Waals surface area (Å²) in [5, 5.41) is 8.69. The molecule has 3 nitrogen and oxygen atoms in total. The monoisotopic (exact) mass is 235 g/mol. The number of nitrogens with zero attached hydrogens (tertiary/aromatic N) is 1. The lowest BCUT2D eigenvalue weighted by Gasteiger charge is -2.20. The molecule has 0 radical (unpaired) electrons. The van der Waals surface area contributed by atoms with Crippen LogP contribution in [0.25, 0.3) is 0 Å². The van der Waals surface area contributed by atoms with Crippen LogP contribution in [-0.2, 0) is 11.3 Å². The molecule has 0 saturated carbocycles. The van der Waals surface area contributed by atoms with Crippen molar-refractivity contribution in [2.45, 2.75) is 33.7 Å². The highest BCUT2D eigenvalue weighted by atomic mass is 16.4. The van der Waals surface area contributed by atoms with E-state index in [4.69, 9.17) is 5.11 Å². The molecule has 0 unspecified atom stereocenters. The Bertz CT molecular complexity index is 368. The van der Waals surface area contributed by atoms with E-state index in [9.17, 15) is 4.79 Å². The first-order valence-electron chi connectivity index (χ1n) is 6.02. The number of benzene rings is 1. The molecule has 0 amide bonds. The van der Waals surface area contributed by atoms with Gasteiger partial charge in [-0.1, -0.05) is 36.2 Å². The second kappa shape index (κ2) is 6.40. The standard InChI is InChI=1S/C14H21NO2/c1-4-15(6-5-14(16)17)10-13-8-11(2)7-12(3)9-13/h7-9H,4-6,10H2,1-3H3,(H,16,17). The van der Waals surface area contributed by atoms with E-state index < -0.39 is 5.97 Å². The maximum atomic E-state index is 10.6. The summed E-state index contributed by atoms with van der Waals surface area (Å²) in [6, 6.07) is 6.48. The first kappa shape index (κ1) is 13.7. The predicted molar refractivity (Wildman–Crippen MR) is 69.1 cm³/mol. The smallest absolute Gasteiger partial charge is 0.304 e. The van der Waals surface area contributed by atoms with Gasteiger partial charge in [-0.05, 0) is 26.0 Å². The summed E-state index contributed by atoms with van der Waals surface area (Å²) < 4.78 is 0. The van der Waals surface area contributed by atoms with Crippen molar-refractivity contribution in [2.24, 2.45) is 0 Å². The Hall–Kier alpha value is -1.35. The van der Waals surface area contributed by atoms with Crippen molar-refractivity contribution >= 4 is 5.97 Å². The van der Waals surface area contributed by atoms with Crippen LogP contribution in [-0.4, -0.2) is 29.1 Å². The van der Waals surface area contributed by atoms with Gasteiger partial charge in [0.25, 0.3) is 0 Å². The maximum absolute atomic E-state index is 10.6. The SMILES string of the molecule is CCN(CCC(=O)O)Cc1cc(C)cc(C)c1. The number of carboxylic acids is 1. The lowest BCUT2D eigenvalue weighted by atomic mass is 10.1. The fraction of sp³-hybridized carbons (Fsp3) is 0.500. The lowest BCUT2D eigenvalue weighted by Crippen LogP contribution is -2.25. The molecule has 1 aromatic carbocycles. The minimum Gasteiger partial charge on any atom is -0.481 e. The molecule has 0 aliphatic carbocycles. The number of aryl methyl sites for hydroxylation is 2. The highest BCUT2D eigenvalue weighted by Crippen LogP contribution is 2.11. The zero-order valence-electron chi connectivity index (χ0n) is 10.9. The molecule has 94 valence electrons. The number of carboxylic acid groups (broad SMARTS) is 1. The summed E-state index contributed by atoms with van der Waals surface area (Å²) in [5.41, 5.74) is 3.78. The van der Waals surface area contributed by atoms with Crippen LogP contribution in [0.15, 0.2) is 18.2 Å². The molecule has 0 aliphatic rings. The number of rotatable bonds is 6. The number of hydrogen-bond acceptors (Lipinski definition) is 2. The fourth-order valence-corrected chi connectivity index (χ4v) is 2.02. The van der Waals surface area contributed by atoms with Crippen LogP contribution in [0.3, 0.4) is 0 Å². The minimum absolute atomic E-state index is 0.207. The van der Waals surface area contributed by atoms with Crippen molar-refractivity contribution < 1.29 is 9.90 Å². The van der Waals surface area contributed by atoms with Crippen LogP contribution in [0.1, 0.15) is 30.0 Å². The third-order valence-corrected chi connectivity index (χ3v) is 2.78. The molecule has 0 bridgehead atoms. The topological polar surface area (TPSA) is 40.5 Å². The van der Waals surface area contributed by atoms with Crippen molar-refractivity contribution in [3.8, 4) is 0 Å². The van der Waals surface area contributed by atoms with E-state index in [-0.39, 0.29) is 6.42 Å². The van der Waals surface area contributed by atoms with Crippen LogP contribution >= 0.6 is 0 Å². The van der Waals surface area contributed by atoms with E-state index in [1.54, 1.807) is 0 Å². The quantitative estimate of drug-likeness (QED) is 0.824. The molecular weight excluding hydrogens is 214 g/mol. The van der Waals surface area contributed by atoms with E-state index in [1.165, 1.54) is 16.7 Å². The van der Waals surface area contributed by atoms with Crippen LogP contribution in [0, 0.1) is 13.8 Å². The van der Waals surface area contributed by atoms with E-state index in [2.05, 4.69) is 43.9 Å². The minimum atomic E-state index is -0.733. The molecule has 0 spiro atoms. The highest BCUT2D eigenvalue weighted by molar-refractivity contribution is 5.66. The lowest BCUT2D eigenvalue weighted by molar-refractivity contribution is -0.137. The van der Waals surface area contributed by atoms with Gasteiger partial charge in [-0.2, -0.15) is 0 Å². The molecule has 1 aromatic rings. The van der Waals surface area contributed by atoms with Gasteiger partial charge >= 0.3 is 5.97 Å². The third kappa shape index (κ3) is 5.00. The molecular formula is C14H21NO2. The van der Waals surface area contributed by atoms with Gasteiger partial charge in [0.05, 0.1) is 6.42 Å². The second-order valence-electron chi connectivity index (χ2n) is 4.51. The zero-order valence-corrected chi connectivity index (χ0v) is 10.9. The average Bonchev–Trinajstić information content (AvgIpc) is 2.22. The van der Waals surface area contributed by atoms with Crippen molar-refractivity contribution in [2.75, 3.05) is 13.1 Å². The Morgan fingerprint density at radius 2 is 1.82 bits per heavy atom. The molecule has 0 atom stereocenters. The Kier molecular flexibility index (Phi) is 5.16. The van der Waals surface area contributed by atoms with Crippen LogP contribution in [0.5, 0.6) is 0 Å². The van der Waals surface area contributed by atoms with Gasteiger partial charge in [-0.3, -0.25) is 9.69 Å². The second-order valence-corrected chi connectivity index (χ2v) is 4.51. The number of carbonyl (C=O) groups is 1. The molecule has 0 saturated heterocycles. The van der Waals surface area contributed by atoms with Crippen LogP contribution in [0.2, 0.25) is 0 Å². The van der Waals surface area contributed by atoms with Crippen molar-refractivity contribution in [3.63, 3.8) is 0 Å².